The van der Waals surface area contributed by atoms with Gasteiger partial charge in [-0.05, 0) is 48.9 Å². The number of hydrogen-bond donors (Lipinski definition) is 1. The van der Waals surface area contributed by atoms with Crippen LogP contribution in [0.25, 0.3) is 0 Å². The Morgan fingerprint density at radius 2 is 1.90 bits per heavy atom. The molecule has 0 bridgehead atoms. The molecule has 0 aliphatic carbocycles. The van der Waals surface area contributed by atoms with Crippen molar-refractivity contribution in [2.75, 3.05) is 14.2 Å². The maximum absolute atomic E-state index is 13.5. The summed E-state index contributed by atoms with van der Waals surface area (Å²) < 4.78 is 19.6. The number of nitrogens with one attached hydrogen (secondary N) is 1. The van der Waals surface area contributed by atoms with Gasteiger partial charge < -0.3 is 10.1 Å². The van der Waals surface area contributed by atoms with Crippen molar-refractivity contribution in [2.45, 2.75) is 12.5 Å². The van der Waals surface area contributed by atoms with Gasteiger partial charge in [0.15, 0.2) is 11.6 Å². The fourth-order valence-electron chi connectivity index (χ4n) is 2.14. The van der Waals surface area contributed by atoms with E-state index in [0.717, 1.165) is 16.5 Å². The minimum atomic E-state index is -0.338. The molecule has 1 atom stereocenters. The standard InChI is InChI=1S/C16H17BrFNO/c1-19-15(9-11-3-6-13(17)7-4-11)12-5-8-14(18)16(10-12)20-2/h3-8,10,15,19H,9H2,1-2H3. The molecular weight excluding hydrogens is 321 g/mol. The van der Waals surface area contributed by atoms with E-state index in [2.05, 4.69) is 33.4 Å². The van der Waals surface area contributed by atoms with Crippen LogP contribution in [-0.2, 0) is 6.42 Å². The quantitative estimate of drug-likeness (QED) is 0.886. The lowest BCUT2D eigenvalue weighted by atomic mass is 9.99. The zero-order valence-corrected chi connectivity index (χ0v) is 13.1. The Balaban J connectivity index is 2.21. The van der Waals surface area contributed by atoms with Crippen LogP contribution in [0.15, 0.2) is 46.9 Å². The summed E-state index contributed by atoms with van der Waals surface area (Å²) in [4.78, 5) is 0. The first kappa shape index (κ1) is 15.0. The first-order valence-electron chi connectivity index (χ1n) is 6.39. The molecule has 0 radical (unpaired) electrons. The molecule has 0 saturated carbocycles. The number of halogens is 2. The van der Waals surface area contributed by atoms with Crippen molar-refractivity contribution in [1.82, 2.24) is 5.32 Å². The van der Waals surface area contributed by atoms with Crippen LogP contribution in [0, 0.1) is 5.82 Å². The highest BCUT2D eigenvalue weighted by atomic mass is 79.9. The van der Waals surface area contributed by atoms with Gasteiger partial charge in [-0.25, -0.2) is 4.39 Å². The Morgan fingerprint density at radius 1 is 1.20 bits per heavy atom. The Morgan fingerprint density at radius 3 is 2.50 bits per heavy atom. The SMILES string of the molecule is CNC(Cc1ccc(Br)cc1)c1ccc(F)c(OC)c1. The van der Waals surface area contributed by atoms with E-state index in [9.17, 15) is 4.39 Å². The Labute approximate surface area is 127 Å². The normalized spacial score (nSPS) is 12.2. The molecule has 2 rings (SSSR count). The number of rotatable bonds is 5. The van der Waals surface area contributed by atoms with Gasteiger partial charge in [0.2, 0.25) is 0 Å². The lowest BCUT2D eigenvalue weighted by Crippen LogP contribution is -2.19. The first-order valence-corrected chi connectivity index (χ1v) is 7.18. The van der Waals surface area contributed by atoms with E-state index in [-0.39, 0.29) is 17.6 Å². The number of benzene rings is 2. The second kappa shape index (κ2) is 6.86. The van der Waals surface area contributed by atoms with E-state index >= 15 is 0 Å². The van der Waals surface area contributed by atoms with Crippen LogP contribution in [-0.4, -0.2) is 14.2 Å². The van der Waals surface area contributed by atoms with Crippen molar-refractivity contribution in [3.63, 3.8) is 0 Å². The summed E-state index contributed by atoms with van der Waals surface area (Å²) in [6.07, 6.45) is 0.832. The molecular formula is C16H17BrFNO. The van der Waals surface area contributed by atoms with Gasteiger partial charge in [-0.3, -0.25) is 0 Å². The van der Waals surface area contributed by atoms with Gasteiger partial charge in [0, 0.05) is 10.5 Å². The highest BCUT2D eigenvalue weighted by molar-refractivity contribution is 9.10. The summed E-state index contributed by atoms with van der Waals surface area (Å²) in [6, 6.07) is 13.3. The Bertz CT molecular complexity index is 571. The molecule has 1 N–H and O–H groups in total. The van der Waals surface area contributed by atoms with Crippen LogP contribution >= 0.6 is 15.9 Å². The van der Waals surface area contributed by atoms with Crippen LogP contribution in [0.3, 0.4) is 0 Å². The molecule has 106 valence electrons. The van der Waals surface area contributed by atoms with Gasteiger partial charge >= 0.3 is 0 Å². The average molecular weight is 338 g/mol. The molecule has 0 saturated heterocycles. The monoisotopic (exact) mass is 337 g/mol. The predicted molar refractivity (Wildman–Crippen MR) is 82.6 cm³/mol. The topological polar surface area (TPSA) is 21.3 Å². The average Bonchev–Trinajstić information content (AvgIpc) is 2.47. The van der Waals surface area contributed by atoms with E-state index in [0.29, 0.717) is 0 Å². The molecule has 2 nitrogen and oxygen atoms in total. The number of methoxy groups -OCH3 is 1. The lowest BCUT2D eigenvalue weighted by Gasteiger charge is -2.18. The molecule has 0 aliphatic heterocycles. The van der Waals surface area contributed by atoms with Crippen LogP contribution in [0.5, 0.6) is 5.75 Å². The summed E-state index contributed by atoms with van der Waals surface area (Å²) in [5.74, 6) is -0.0618. The van der Waals surface area contributed by atoms with Crippen LogP contribution in [0.2, 0.25) is 0 Å². The maximum atomic E-state index is 13.5. The molecule has 2 aromatic rings. The van der Waals surface area contributed by atoms with Crippen molar-refractivity contribution in [1.29, 1.82) is 0 Å². The van der Waals surface area contributed by atoms with Crippen molar-refractivity contribution in [3.8, 4) is 5.75 Å². The molecule has 1 unspecified atom stereocenters. The summed E-state index contributed by atoms with van der Waals surface area (Å²) >= 11 is 3.43. The fourth-order valence-corrected chi connectivity index (χ4v) is 2.40. The van der Waals surface area contributed by atoms with Gasteiger partial charge in [0.1, 0.15) is 0 Å². The molecule has 0 aliphatic rings. The van der Waals surface area contributed by atoms with Crippen LogP contribution in [0.1, 0.15) is 17.2 Å². The molecule has 20 heavy (non-hydrogen) atoms. The van der Waals surface area contributed by atoms with Crippen molar-refractivity contribution >= 4 is 15.9 Å². The molecule has 0 spiro atoms. The highest BCUT2D eigenvalue weighted by Crippen LogP contribution is 2.25. The summed E-state index contributed by atoms with van der Waals surface area (Å²) in [5, 5.41) is 3.26. The summed E-state index contributed by atoms with van der Waals surface area (Å²) in [6.45, 7) is 0. The predicted octanol–water partition coefficient (Wildman–Crippen LogP) is 4.10. The van der Waals surface area contributed by atoms with E-state index in [4.69, 9.17) is 4.74 Å². The number of hydrogen-bond acceptors (Lipinski definition) is 2. The highest BCUT2D eigenvalue weighted by Gasteiger charge is 2.13. The van der Waals surface area contributed by atoms with Crippen molar-refractivity contribution in [2.24, 2.45) is 0 Å². The molecule has 0 heterocycles. The second-order valence-corrected chi connectivity index (χ2v) is 5.48. The molecule has 0 aromatic heterocycles. The smallest absolute Gasteiger partial charge is 0.165 e. The third kappa shape index (κ3) is 3.58. The minimum absolute atomic E-state index is 0.116. The Hall–Kier alpha value is -1.39. The van der Waals surface area contributed by atoms with E-state index in [1.807, 2.05) is 19.2 Å². The third-order valence-corrected chi connectivity index (χ3v) is 3.81. The molecule has 0 fully saturated rings. The summed E-state index contributed by atoms with van der Waals surface area (Å²) in [5.41, 5.74) is 2.23. The molecule has 4 heteroatoms. The van der Waals surface area contributed by atoms with Crippen LogP contribution < -0.4 is 10.1 Å². The number of likely N-dealkylation sites (N-methyl/N-ethyl adjacent to an activating group) is 1. The van der Waals surface area contributed by atoms with Crippen molar-refractivity contribution < 1.29 is 9.13 Å². The largest absolute Gasteiger partial charge is 0.494 e. The third-order valence-electron chi connectivity index (χ3n) is 3.28. The van der Waals surface area contributed by atoms with E-state index in [1.165, 1.54) is 18.7 Å². The lowest BCUT2D eigenvalue weighted by molar-refractivity contribution is 0.385. The zero-order valence-electron chi connectivity index (χ0n) is 11.5. The Kier molecular flexibility index (Phi) is 5.15. The summed E-state index contributed by atoms with van der Waals surface area (Å²) in [7, 11) is 3.38. The van der Waals surface area contributed by atoms with Gasteiger partial charge in [0.05, 0.1) is 7.11 Å². The first-order chi connectivity index (χ1) is 9.63. The second-order valence-electron chi connectivity index (χ2n) is 4.57. The maximum Gasteiger partial charge on any atom is 0.165 e. The van der Waals surface area contributed by atoms with Gasteiger partial charge in [-0.15, -0.1) is 0 Å². The van der Waals surface area contributed by atoms with E-state index in [1.54, 1.807) is 12.1 Å². The zero-order chi connectivity index (χ0) is 14.5. The minimum Gasteiger partial charge on any atom is -0.494 e. The van der Waals surface area contributed by atoms with Crippen molar-refractivity contribution in [3.05, 3.63) is 63.9 Å². The fraction of sp³-hybridized carbons (Fsp3) is 0.250. The van der Waals surface area contributed by atoms with E-state index < -0.39 is 0 Å². The molecule has 0 amide bonds. The van der Waals surface area contributed by atoms with Crippen LogP contribution in [0.4, 0.5) is 4.39 Å². The van der Waals surface area contributed by atoms with Gasteiger partial charge in [0.25, 0.3) is 0 Å². The number of ether oxygens (including phenoxy) is 1. The molecule has 2 aromatic carbocycles. The van der Waals surface area contributed by atoms with Gasteiger partial charge in [-0.1, -0.05) is 34.1 Å². The van der Waals surface area contributed by atoms with Gasteiger partial charge in [-0.2, -0.15) is 0 Å².